The molecule has 0 bridgehead atoms. The van der Waals surface area contributed by atoms with Crippen molar-refractivity contribution in [2.24, 2.45) is 0 Å². The van der Waals surface area contributed by atoms with Gasteiger partial charge in [-0.05, 0) is 0 Å². The van der Waals surface area contributed by atoms with E-state index in [9.17, 15) is 0 Å². The first kappa shape index (κ1) is 36.0. The predicted molar refractivity (Wildman–Crippen MR) is 32.6 cm³/mol. The molecule has 1 unspecified atom stereocenters. The summed E-state index contributed by atoms with van der Waals surface area (Å²) in [6, 6.07) is 0. The molecule has 0 aliphatic heterocycles. The van der Waals surface area contributed by atoms with E-state index in [0.29, 0.717) is 0 Å². The van der Waals surface area contributed by atoms with Crippen LogP contribution >= 0.6 is 24.8 Å². The number of rotatable bonds is 0. The fourth-order valence-electron chi connectivity index (χ4n) is 0. The van der Waals surface area contributed by atoms with Gasteiger partial charge < -0.3 is 5.11 Å². The molecule has 0 radical (unpaired) electrons. The number of aliphatic hydroxyl groups excluding tert-OH is 1. The van der Waals surface area contributed by atoms with Gasteiger partial charge in [-0.2, -0.15) is 0 Å². The monoisotopic (exact) mass is 182 g/mol. The molecule has 0 saturated heterocycles. The van der Waals surface area contributed by atoms with Crippen LogP contribution in [0.1, 0.15) is 0 Å². The van der Waals surface area contributed by atoms with Crippen molar-refractivity contribution in [3.8, 4) is 0 Å². The van der Waals surface area contributed by atoms with E-state index >= 15 is 0 Å². The second-order valence-corrected chi connectivity index (χ2v) is 0. The average Bonchev–Trinajstić information content (AvgIpc) is 1.00. The Kier molecular flexibility index (Phi) is 511. The molecule has 1 nitrogen and oxygen atoms in total. The maximum absolute atomic E-state index is 7.00. The minimum atomic E-state index is 0. The molecule has 0 heterocycles. The van der Waals surface area contributed by atoms with Crippen molar-refractivity contribution >= 4 is 42.8 Å². The zero-order chi connectivity index (χ0) is 2.00. The Bertz CT molecular complexity index is 9.61. The summed E-state index contributed by atoms with van der Waals surface area (Å²) in [5.41, 5.74) is 0. The number of aliphatic hydroxyl groups is 1. The Balaban J connectivity index is -0.00000000167. The molecule has 5 heavy (non-hydrogen) atoms. The van der Waals surface area contributed by atoms with Gasteiger partial charge >= 0.3 is 18.0 Å². The second kappa shape index (κ2) is 71.0. The molecule has 38 valence electrons. The first-order valence-corrected chi connectivity index (χ1v) is 0.447. The van der Waals surface area contributed by atoms with Crippen molar-refractivity contribution in [1.29, 1.82) is 0 Å². The van der Waals surface area contributed by atoms with Gasteiger partial charge in [-0.25, -0.2) is 0 Å². The number of halogens is 2. The van der Waals surface area contributed by atoms with E-state index in [2.05, 4.69) is 0 Å². The molecule has 0 rings (SSSR count). The van der Waals surface area contributed by atoms with E-state index in [1.54, 1.807) is 0 Å². The molecule has 4 heteroatoms. The number of hydrogen-bond acceptors (Lipinski definition) is 1. The fourth-order valence-corrected chi connectivity index (χ4v) is 0. The van der Waals surface area contributed by atoms with E-state index in [1.165, 1.54) is 0 Å². The van der Waals surface area contributed by atoms with Crippen LogP contribution in [0.25, 0.3) is 0 Å². The van der Waals surface area contributed by atoms with Gasteiger partial charge in [-0.3, -0.25) is 0 Å². The van der Waals surface area contributed by atoms with E-state index in [1.807, 2.05) is 0 Å². The molecule has 1 atom stereocenters. The molecular weight excluding hydrogens is 174 g/mol. The van der Waals surface area contributed by atoms with Gasteiger partial charge in [0.1, 0.15) is 0 Å². The molecule has 0 amide bonds. The van der Waals surface area contributed by atoms with Gasteiger partial charge in [-0.15, -0.1) is 24.8 Å². The Morgan fingerprint density at radius 3 is 1.00 bits per heavy atom. The van der Waals surface area contributed by atoms with Gasteiger partial charge in [0.25, 0.3) is 0 Å². The maximum atomic E-state index is 7.00. The minimum absolute atomic E-state index is 0. The van der Waals surface area contributed by atoms with Gasteiger partial charge in [0.05, 0.1) is 0 Å². The Morgan fingerprint density at radius 1 is 1.00 bits per heavy atom. The molecule has 0 aliphatic carbocycles. The Morgan fingerprint density at radius 2 is 1.00 bits per heavy atom. The quantitative estimate of drug-likeness (QED) is 0.490. The summed E-state index contributed by atoms with van der Waals surface area (Å²) in [5.74, 6) is 0. The number of hydrogen-bond donors (Lipinski definition) is 1. The molecular formula is CH9AsCl2O. The van der Waals surface area contributed by atoms with Crippen LogP contribution in [0.3, 0.4) is 0 Å². The van der Waals surface area contributed by atoms with Crippen LogP contribution < -0.4 is 0 Å². The molecule has 0 spiro atoms. The molecule has 0 aliphatic rings. The fraction of sp³-hybridized carbons (Fsp3) is 1.00. The molecule has 0 saturated carbocycles. The van der Waals surface area contributed by atoms with E-state index < -0.39 is 0 Å². The molecule has 0 aromatic heterocycles. The SMILES string of the molecule is CO.Cl.Cl.[AsH3]. The summed E-state index contributed by atoms with van der Waals surface area (Å²) >= 11 is 0. The zero-order valence-corrected chi connectivity index (χ0v) is 7.57. The van der Waals surface area contributed by atoms with Gasteiger partial charge in [0, 0.05) is 7.11 Å². The first-order chi connectivity index (χ1) is 1.00. The van der Waals surface area contributed by atoms with Crippen molar-refractivity contribution in [1.82, 2.24) is 0 Å². The summed E-state index contributed by atoms with van der Waals surface area (Å²) < 4.78 is 0. The summed E-state index contributed by atoms with van der Waals surface area (Å²) in [7, 11) is 1.00. The van der Waals surface area contributed by atoms with Crippen LogP contribution in [-0.2, 0) is 0 Å². The van der Waals surface area contributed by atoms with Crippen LogP contribution in [0.2, 0.25) is 0 Å². The summed E-state index contributed by atoms with van der Waals surface area (Å²) in [6.45, 7) is 0. The summed E-state index contributed by atoms with van der Waals surface area (Å²) in [4.78, 5) is 0. The Hall–Kier alpha value is 1.10. The van der Waals surface area contributed by atoms with Crippen molar-refractivity contribution in [3.63, 3.8) is 0 Å². The molecule has 0 fully saturated rings. The second-order valence-electron chi connectivity index (χ2n) is 0. The van der Waals surface area contributed by atoms with E-state index in [-0.39, 0.29) is 42.8 Å². The topological polar surface area (TPSA) is 20.2 Å². The third-order valence-corrected chi connectivity index (χ3v) is 0. The van der Waals surface area contributed by atoms with Crippen LogP contribution in [0.5, 0.6) is 0 Å². The summed E-state index contributed by atoms with van der Waals surface area (Å²) in [6.07, 6.45) is 0. The van der Waals surface area contributed by atoms with E-state index in [0.717, 1.165) is 7.11 Å². The van der Waals surface area contributed by atoms with E-state index in [4.69, 9.17) is 5.11 Å². The summed E-state index contributed by atoms with van der Waals surface area (Å²) in [5, 5.41) is 7.00. The van der Waals surface area contributed by atoms with Crippen LogP contribution in [-0.4, -0.2) is 30.2 Å². The van der Waals surface area contributed by atoms with Crippen molar-refractivity contribution < 1.29 is 5.11 Å². The average molecular weight is 183 g/mol. The zero-order valence-electron chi connectivity index (χ0n) is 2.97. The van der Waals surface area contributed by atoms with Gasteiger partial charge in [-0.1, -0.05) is 0 Å². The van der Waals surface area contributed by atoms with Crippen molar-refractivity contribution in [2.75, 3.05) is 7.11 Å². The van der Waals surface area contributed by atoms with Crippen molar-refractivity contribution in [2.45, 2.75) is 0 Å². The molecule has 0 aromatic rings. The van der Waals surface area contributed by atoms with Crippen LogP contribution in [0, 0.1) is 0 Å². The van der Waals surface area contributed by atoms with Gasteiger partial charge in [0.2, 0.25) is 0 Å². The predicted octanol–water partition coefficient (Wildman–Crippen LogP) is -0.732. The third kappa shape index (κ3) is 40.6. The first-order valence-electron chi connectivity index (χ1n) is 0.447. The van der Waals surface area contributed by atoms with Gasteiger partial charge in [0.15, 0.2) is 0 Å². The van der Waals surface area contributed by atoms with Crippen LogP contribution in [0.15, 0.2) is 0 Å². The standard InChI is InChI=1S/CH4O.AsH3.2ClH/c1-2;;;/h2H,1H3;1H3;2*1H. The Labute approximate surface area is 55.3 Å². The normalized spacial score (nSPS) is 1.20. The molecule has 1 N–H and O–H groups in total. The van der Waals surface area contributed by atoms with Crippen molar-refractivity contribution in [3.05, 3.63) is 0 Å². The third-order valence-electron chi connectivity index (χ3n) is 0. The molecule has 0 aromatic carbocycles. The van der Waals surface area contributed by atoms with Crippen LogP contribution in [0.4, 0.5) is 0 Å².